The summed E-state index contributed by atoms with van der Waals surface area (Å²) in [4.78, 5) is 18.1. The molecule has 0 aromatic heterocycles. The molecule has 1 N–H and O–H groups in total. The van der Waals surface area contributed by atoms with Crippen molar-refractivity contribution in [3.05, 3.63) is 0 Å². The normalized spacial score (nSPS) is 8.75. The summed E-state index contributed by atoms with van der Waals surface area (Å²) in [7, 11) is 1.23. The molecule has 0 fully saturated rings. The van der Waals surface area contributed by atoms with Crippen LogP contribution in [0, 0.1) is 0 Å². The van der Waals surface area contributed by atoms with Crippen LogP contribution in [0.25, 0.3) is 0 Å². The van der Waals surface area contributed by atoms with Gasteiger partial charge in [-0.1, -0.05) is 0 Å². The molecule has 0 bridgehead atoms. The Morgan fingerprint density at radius 2 is 2.38 bits per heavy atom. The lowest BCUT2D eigenvalue weighted by Gasteiger charge is -1.94. The third-order valence-corrected chi connectivity index (χ3v) is 0.492. The number of carbonyl (C=O) groups excluding carboxylic acids is 1. The Kier molecular flexibility index (Phi) is 4.20. The van der Waals surface area contributed by atoms with Crippen LogP contribution in [0.1, 0.15) is 6.42 Å². The zero-order chi connectivity index (χ0) is 6.41. The number of hydrogen-bond acceptors (Lipinski definition) is 4. The van der Waals surface area contributed by atoms with Crippen molar-refractivity contribution in [3.8, 4) is 0 Å². The molecule has 0 unspecified atom stereocenters. The number of aliphatic hydroxyl groups excluding tert-OH is 1. The predicted molar refractivity (Wildman–Crippen MR) is 24.8 cm³/mol. The first kappa shape index (κ1) is 7.39. The van der Waals surface area contributed by atoms with Crippen LogP contribution in [0.5, 0.6) is 0 Å². The Morgan fingerprint density at radius 3 is 2.75 bits per heavy atom. The van der Waals surface area contributed by atoms with Gasteiger partial charge in [-0.15, -0.1) is 0 Å². The molecular formula is C4H8O4. The summed E-state index contributed by atoms with van der Waals surface area (Å²) >= 11 is 0. The molecule has 0 rings (SSSR count). The average molecular weight is 120 g/mol. The van der Waals surface area contributed by atoms with E-state index in [0.29, 0.717) is 0 Å². The maximum absolute atomic E-state index is 10.1. The molecule has 0 spiro atoms. The lowest BCUT2D eigenvalue weighted by Crippen LogP contribution is -2.04. The van der Waals surface area contributed by atoms with E-state index in [0.717, 1.165) is 0 Å². The van der Waals surface area contributed by atoms with E-state index < -0.39 is 5.97 Å². The first-order chi connectivity index (χ1) is 3.81. The van der Waals surface area contributed by atoms with Gasteiger partial charge in [-0.2, -0.15) is 4.89 Å². The largest absolute Gasteiger partial charge is 0.396 e. The molecule has 4 nitrogen and oxygen atoms in total. The highest BCUT2D eigenvalue weighted by atomic mass is 17.2. The van der Waals surface area contributed by atoms with Crippen molar-refractivity contribution in [2.24, 2.45) is 0 Å². The fourth-order valence-electron chi connectivity index (χ4n) is 0.226. The molecule has 0 radical (unpaired) electrons. The van der Waals surface area contributed by atoms with Crippen molar-refractivity contribution in [1.29, 1.82) is 0 Å². The fourth-order valence-corrected chi connectivity index (χ4v) is 0.226. The van der Waals surface area contributed by atoms with Crippen molar-refractivity contribution < 1.29 is 19.7 Å². The smallest absolute Gasteiger partial charge is 0.344 e. The van der Waals surface area contributed by atoms with Gasteiger partial charge in [-0.25, -0.2) is 4.79 Å². The number of carbonyl (C=O) groups is 1. The summed E-state index contributed by atoms with van der Waals surface area (Å²) in [6, 6.07) is 0. The van der Waals surface area contributed by atoms with Crippen LogP contribution in [0.4, 0.5) is 0 Å². The fraction of sp³-hybridized carbons (Fsp3) is 0.750. The molecule has 48 valence electrons. The van der Waals surface area contributed by atoms with Crippen LogP contribution >= 0.6 is 0 Å². The Labute approximate surface area is 46.9 Å². The van der Waals surface area contributed by atoms with E-state index >= 15 is 0 Å². The van der Waals surface area contributed by atoms with Crippen molar-refractivity contribution in [2.45, 2.75) is 6.42 Å². The van der Waals surface area contributed by atoms with Crippen LogP contribution in [-0.2, 0) is 14.6 Å². The lowest BCUT2D eigenvalue weighted by atomic mass is 10.5. The van der Waals surface area contributed by atoms with E-state index in [1.165, 1.54) is 7.11 Å². The number of rotatable bonds is 3. The first-order valence-electron chi connectivity index (χ1n) is 2.15. The van der Waals surface area contributed by atoms with E-state index in [9.17, 15) is 4.79 Å². The van der Waals surface area contributed by atoms with Crippen molar-refractivity contribution in [1.82, 2.24) is 0 Å². The molecule has 0 saturated carbocycles. The highest BCUT2D eigenvalue weighted by molar-refractivity contribution is 5.68. The van der Waals surface area contributed by atoms with Crippen LogP contribution in [-0.4, -0.2) is 24.8 Å². The molecule has 0 amide bonds. The Balaban J connectivity index is 3.06. The third-order valence-electron chi connectivity index (χ3n) is 0.492. The topological polar surface area (TPSA) is 55.8 Å². The maximum Gasteiger partial charge on any atom is 0.344 e. The molecule has 0 aliphatic carbocycles. The third kappa shape index (κ3) is 3.58. The van der Waals surface area contributed by atoms with Gasteiger partial charge in [0, 0.05) is 0 Å². The van der Waals surface area contributed by atoms with Gasteiger partial charge >= 0.3 is 5.97 Å². The van der Waals surface area contributed by atoms with Gasteiger partial charge in [-0.05, 0) is 0 Å². The lowest BCUT2D eigenvalue weighted by molar-refractivity contribution is -0.255. The zero-order valence-electron chi connectivity index (χ0n) is 4.59. The van der Waals surface area contributed by atoms with E-state index in [2.05, 4.69) is 9.78 Å². The van der Waals surface area contributed by atoms with Crippen LogP contribution in [0.2, 0.25) is 0 Å². The van der Waals surface area contributed by atoms with E-state index in [4.69, 9.17) is 5.11 Å². The second kappa shape index (κ2) is 4.55. The van der Waals surface area contributed by atoms with Gasteiger partial charge in [0.15, 0.2) is 0 Å². The SMILES string of the molecule is COOC(=O)CCO. The molecule has 0 heterocycles. The Morgan fingerprint density at radius 1 is 1.75 bits per heavy atom. The van der Waals surface area contributed by atoms with Gasteiger partial charge in [-0.3, -0.25) is 4.89 Å². The summed E-state index contributed by atoms with van der Waals surface area (Å²) in [5, 5.41) is 8.11. The molecular weight excluding hydrogens is 112 g/mol. The maximum atomic E-state index is 10.1. The molecule has 4 heteroatoms. The minimum Gasteiger partial charge on any atom is -0.396 e. The van der Waals surface area contributed by atoms with Gasteiger partial charge in [0.2, 0.25) is 0 Å². The van der Waals surface area contributed by atoms with Crippen molar-refractivity contribution >= 4 is 5.97 Å². The van der Waals surface area contributed by atoms with E-state index in [1.54, 1.807) is 0 Å². The van der Waals surface area contributed by atoms with Gasteiger partial charge in [0.05, 0.1) is 20.1 Å². The monoisotopic (exact) mass is 120 g/mol. The van der Waals surface area contributed by atoms with Crippen LogP contribution < -0.4 is 0 Å². The summed E-state index contributed by atoms with van der Waals surface area (Å²) in [6.45, 7) is -0.206. The van der Waals surface area contributed by atoms with Gasteiger partial charge < -0.3 is 5.11 Å². The molecule has 0 saturated heterocycles. The van der Waals surface area contributed by atoms with Crippen LogP contribution in [0.15, 0.2) is 0 Å². The second-order valence-electron chi connectivity index (χ2n) is 1.10. The summed E-state index contributed by atoms with van der Waals surface area (Å²) in [5.41, 5.74) is 0. The standard InChI is InChI=1S/C4H8O4/c1-7-8-4(6)2-3-5/h5H,2-3H2,1H3. The number of aliphatic hydroxyl groups is 1. The van der Waals surface area contributed by atoms with Gasteiger partial charge in [0.1, 0.15) is 0 Å². The van der Waals surface area contributed by atoms with Crippen molar-refractivity contribution in [3.63, 3.8) is 0 Å². The first-order valence-corrected chi connectivity index (χ1v) is 2.15. The second-order valence-corrected chi connectivity index (χ2v) is 1.10. The summed E-state index contributed by atoms with van der Waals surface area (Å²) < 4.78 is 0. The molecule has 0 atom stereocenters. The van der Waals surface area contributed by atoms with Crippen LogP contribution in [0.3, 0.4) is 0 Å². The summed E-state index contributed by atoms with van der Waals surface area (Å²) in [5.74, 6) is -0.560. The highest BCUT2D eigenvalue weighted by Gasteiger charge is 1.98. The van der Waals surface area contributed by atoms with Crippen molar-refractivity contribution in [2.75, 3.05) is 13.7 Å². The average Bonchev–Trinajstić information content (AvgIpc) is 1.68. The molecule has 8 heavy (non-hydrogen) atoms. The van der Waals surface area contributed by atoms with Gasteiger partial charge in [0.25, 0.3) is 0 Å². The minimum atomic E-state index is -0.560. The highest BCUT2D eigenvalue weighted by Crippen LogP contribution is 1.82. The zero-order valence-corrected chi connectivity index (χ0v) is 4.59. The molecule has 0 aliphatic rings. The molecule has 0 aromatic carbocycles. The summed E-state index contributed by atoms with van der Waals surface area (Å²) in [6.07, 6.45) is -0.0200. The quantitative estimate of drug-likeness (QED) is 0.402. The molecule has 0 aliphatic heterocycles. The Hall–Kier alpha value is -0.610. The van der Waals surface area contributed by atoms with E-state index in [1.807, 2.05) is 0 Å². The minimum absolute atomic E-state index is 0.0200. The molecule has 0 aromatic rings. The number of hydrogen-bond donors (Lipinski definition) is 1. The Bertz CT molecular complexity index is 62.4. The predicted octanol–water partition coefficient (Wildman–Crippen LogP) is -0.527. The van der Waals surface area contributed by atoms with E-state index in [-0.39, 0.29) is 13.0 Å².